The number of rotatable bonds is 12. The van der Waals surface area contributed by atoms with Crippen LogP contribution in [-0.2, 0) is 32.5 Å². The molecule has 76 heavy (non-hydrogen) atoms. The van der Waals surface area contributed by atoms with Crippen molar-refractivity contribution in [3.8, 4) is 22.8 Å². The number of carbonyl (C=O) groups excluding carboxylic acids is 2. The standard InChI is InChI=1S/C28H30N4O3S.C21H24N4O.6C2H6.2CH4/c1-19-8-10-24(11-9-19)36(34,35)32-18-26(25-7-4-13-30-28(25)32)27-29-14-12-23(31-27)17-22-6-3-5-21(16-22)15-20(2)33;1-14(26)10-15-4-2-5-16(11-15)12-17-7-9-23-21(25-17)19-13-24-20-18(19)6-3-8-22-20;6*1-2;;/h4,7-14,18,21-22H,3,5-6,15-17H2,1-2H3;3,6-9,13,15-16H,2,4-5,10-12H2,1H3,(H,22,24);6*1-2H3;2*1H4. The molecule has 0 radical (unpaired) electrons. The fourth-order valence-corrected chi connectivity index (χ4v) is 10.9. The monoisotopic (exact) mass is 1060 g/mol. The second-order valence-electron chi connectivity index (χ2n) is 17.4. The van der Waals surface area contributed by atoms with Gasteiger partial charge in [0.1, 0.15) is 17.2 Å². The lowest BCUT2D eigenvalue weighted by Gasteiger charge is -2.28. The van der Waals surface area contributed by atoms with Crippen molar-refractivity contribution in [2.45, 2.75) is 201 Å². The van der Waals surface area contributed by atoms with Gasteiger partial charge in [-0.05, 0) is 119 Å². The summed E-state index contributed by atoms with van der Waals surface area (Å²) in [7, 11) is -3.85. The molecule has 2 aliphatic rings. The van der Waals surface area contributed by atoms with Crippen LogP contribution >= 0.6 is 0 Å². The molecule has 7 aromatic rings. The Morgan fingerprint density at radius 3 is 1.50 bits per heavy atom. The molecular formula is C63H98N8O4S. The fraction of sp³-hybridized carbons (Fsp3) is 0.524. The summed E-state index contributed by atoms with van der Waals surface area (Å²) in [6.45, 7) is 29.3. The van der Waals surface area contributed by atoms with Crippen molar-refractivity contribution in [3.05, 3.63) is 115 Å². The summed E-state index contributed by atoms with van der Waals surface area (Å²) in [5.74, 6) is 3.91. The van der Waals surface area contributed by atoms with Crippen LogP contribution in [0.15, 0.2) is 103 Å². The average molecular weight is 1060 g/mol. The smallest absolute Gasteiger partial charge is 0.269 e. The van der Waals surface area contributed by atoms with Gasteiger partial charge in [0.15, 0.2) is 17.3 Å². The number of aromatic nitrogens is 8. The van der Waals surface area contributed by atoms with Crippen molar-refractivity contribution < 1.29 is 18.0 Å². The van der Waals surface area contributed by atoms with Crippen LogP contribution in [0.1, 0.15) is 193 Å². The van der Waals surface area contributed by atoms with Gasteiger partial charge in [-0.3, -0.25) is 0 Å². The molecule has 4 unspecified atom stereocenters. The predicted molar refractivity (Wildman–Crippen MR) is 322 cm³/mol. The molecule has 12 nitrogen and oxygen atoms in total. The second-order valence-corrected chi connectivity index (χ2v) is 19.2. The van der Waals surface area contributed by atoms with E-state index in [0.717, 1.165) is 90.7 Å². The van der Waals surface area contributed by atoms with Gasteiger partial charge in [0.05, 0.1) is 4.90 Å². The Bertz CT molecular complexity index is 2800. The number of aromatic amines is 1. The molecule has 6 heterocycles. The van der Waals surface area contributed by atoms with E-state index in [1.54, 1.807) is 69.0 Å². The number of ketones is 2. The number of nitrogens with one attached hydrogen (secondary N) is 1. The molecule has 4 atom stereocenters. The topological polar surface area (TPSA) is 166 Å². The molecule has 0 bridgehead atoms. The van der Waals surface area contributed by atoms with Crippen molar-refractivity contribution >= 4 is 43.7 Å². The van der Waals surface area contributed by atoms with E-state index >= 15 is 0 Å². The van der Waals surface area contributed by atoms with Gasteiger partial charge in [-0.1, -0.05) is 154 Å². The van der Waals surface area contributed by atoms with Crippen molar-refractivity contribution in [3.63, 3.8) is 0 Å². The predicted octanol–water partition coefficient (Wildman–Crippen LogP) is 17.1. The Balaban J connectivity index is 0.00000125. The van der Waals surface area contributed by atoms with E-state index in [2.05, 4.69) is 24.9 Å². The number of carbonyl (C=O) groups is 2. The summed E-state index contributed by atoms with van der Waals surface area (Å²) in [6, 6.07) is 18.3. The van der Waals surface area contributed by atoms with Crippen molar-refractivity contribution in [1.29, 1.82) is 0 Å². The first kappa shape index (κ1) is 70.1. The minimum absolute atomic E-state index is 0. The summed E-state index contributed by atoms with van der Waals surface area (Å²) in [6.07, 6.45) is 22.8. The molecule has 0 spiro atoms. The fourth-order valence-electron chi connectivity index (χ4n) is 9.59. The minimum atomic E-state index is -3.85. The quantitative estimate of drug-likeness (QED) is 0.124. The summed E-state index contributed by atoms with van der Waals surface area (Å²) in [5, 5.41) is 1.73. The molecule has 2 aliphatic carbocycles. The van der Waals surface area contributed by atoms with Crippen LogP contribution in [0.5, 0.6) is 0 Å². The number of benzene rings is 1. The van der Waals surface area contributed by atoms with Crippen molar-refractivity contribution in [2.24, 2.45) is 23.7 Å². The molecule has 13 heteroatoms. The minimum Gasteiger partial charge on any atom is -0.345 e. The summed E-state index contributed by atoms with van der Waals surface area (Å²) >= 11 is 0. The van der Waals surface area contributed by atoms with Crippen LogP contribution in [0, 0.1) is 30.6 Å². The van der Waals surface area contributed by atoms with Crippen molar-refractivity contribution in [2.75, 3.05) is 0 Å². The maximum atomic E-state index is 13.5. The maximum Gasteiger partial charge on any atom is 0.269 e. The molecule has 9 rings (SSSR count). The highest BCUT2D eigenvalue weighted by Crippen LogP contribution is 2.36. The molecule has 0 amide bonds. The lowest BCUT2D eigenvalue weighted by molar-refractivity contribution is -0.119. The first-order chi connectivity index (χ1) is 36.0. The zero-order valence-corrected chi connectivity index (χ0v) is 48.5. The van der Waals surface area contributed by atoms with E-state index in [4.69, 9.17) is 9.97 Å². The molecular weight excluding hydrogens is 965 g/mol. The number of pyridine rings is 2. The van der Waals surface area contributed by atoms with Crippen LogP contribution in [0.25, 0.3) is 44.8 Å². The Morgan fingerprint density at radius 1 is 0.566 bits per heavy atom. The van der Waals surface area contributed by atoms with Gasteiger partial charge in [0.25, 0.3) is 10.0 Å². The van der Waals surface area contributed by atoms with Crippen molar-refractivity contribution in [1.82, 2.24) is 38.9 Å². The first-order valence-electron chi connectivity index (χ1n) is 27.8. The van der Waals surface area contributed by atoms with Gasteiger partial charge in [-0.25, -0.2) is 42.3 Å². The second kappa shape index (κ2) is 37.7. The highest BCUT2D eigenvalue weighted by Gasteiger charge is 2.27. The summed E-state index contributed by atoms with van der Waals surface area (Å²) in [4.78, 5) is 53.8. The van der Waals surface area contributed by atoms with E-state index in [9.17, 15) is 18.0 Å². The Hall–Kier alpha value is -5.95. The lowest BCUT2D eigenvalue weighted by Crippen LogP contribution is -2.19. The number of fused-ring (bicyclic) bond motifs is 2. The Morgan fingerprint density at radius 2 is 1.01 bits per heavy atom. The van der Waals surface area contributed by atoms with Crippen LogP contribution in [0.4, 0.5) is 0 Å². The molecule has 0 saturated heterocycles. The largest absolute Gasteiger partial charge is 0.345 e. The van der Waals surface area contributed by atoms with E-state index in [-0.39, 0.29) is 25.5 Å². The number of H-pyrrole nitrogens is 1. The van der Waals surface area contributed by atoms with Crippen LogP contribution in [0.3, 0.4) is 0 Å². The molecule has 0 aliphatic heterocycles. The van der Waals surface area contributed by atoms with E-state index in [1.807, 2.05) is 133 Å². The van der Waals surface area contributed by atoms with Gasteiger partial charge < -0.3 is 14.6 Å². The third-order valence-electron chi connectivity index (χ3n) is 12.4. The van der Waals surface area contributed by atoms with Gasteiger partial charge in [0, 0.05) is 83.3 Å². The normalized spacial score (nSPS) is 16.1. The Labute approximate surface area is 460 Å². The Kier molecular flexibility index (Phi) is 34.8. The lowest BCUT2D eigenvalue weighted by atomic mass is 9.77. The highest BCUT2D eigenvalue weighted by atomic mass is 32.2. The number of Topliss-reactive ketones (excluding diaryl/α,β-unsaturated/α-hetero) is 2. The average Bonchev–Trinajstić information content (AvgIpc) is 4.06. The highest BCUT2D eigenvalue weighted by molar-refractivity contribution is 7.90. The van der Waals surface area contributed by atoms with Gasteiger partial charge in [-0.2, -0.15) is 0 Å². The molecule has 2 fully saturated rings. The zero-order valence-electron chi connectivity index (χ0n) is 47.7. The molecule has 1 aromatic carbocycles. The first-order valence-corrected chi connectivity index (χ1v) is 29.3. The van der Waals surface area contributed by atoms with Crippen LogP contribution in [-0.4, -0.2) is 58.8 Å². The van der Waals surface area contributed by atoms with Crippen LogP contribution in [0.2, 0.25) is 0 Å². The maximum absolute atomic E-state index is 13.5. The van der Waals surface area contributed by atoms with Gasteiger partial charge >= 0.3 is 0 Å². The van der Waals surface area contributed by atoms with E-state index < -0.39 is 10.0 Å². The molecule has 6 aromatic heterocycles. The van der Waals surface area contributed by atoms with Gasteiger partial charge in [0.2, 0.25) is 0 Å². The number of nitrogens with zero attached hydrogens (tertiary/aromatic N) is 7. The molecule has 1 N–H and O–H groups in total. The SMILES string of the molecule is C.C.CC.CC.CC.CC.CC.CC.CC(=O)CC1CCCC(Cc2ccnc(-c3c[nH]c4ncccc34)n2)C1.CC(=O)CC1CCCC(Cc2ccnc(-c3cn(S(=O)(=O)c4ccc(C)cc4)c4ncccc34)n2)C1. The number of aryl methyl sites for hydroxylation is 1. The zero-order chi connectivity index (χ0) is 55.2. The number of hydrogen-bond acceptors (Lipinski definition) is 10. The molecule has 420 valence electrons. The summed E-state index contributed by atoms with van der Waals surface area (Å²) < 4.78 is 28.2. The molecule has 2 saturated carbocycles. The van der Waals surface area contributed by atoms with Crippen LogP contribution < -0.4 is 0 Å². The summed E-state index contributed by atoms with van der Waals surface area (Å²) in [5.41, 5.74) is 5.83. The third kappa shape index (κ3) is 20.2. The third-order valence-corrected chi connectivity index (χ3v) is 14.1. The van der Waals surface area contributed by atoms with E-state index in [1.165, 1.54) is 23.2 Å². The number of hydrogen-bond donors (Lipinski definition) is 1. The van der Waals surface area contributed by atoms with Gasteiger partial charge in [-0.15, -0.1) is 0 Å². The van der Waals surface area contributed by atoms with E-state index in [0.29, 0.717) is 58.3 Å².